The Morgan fingerprint density at radius 1 is 1.32 bits per heavy atom. The highest BCUT2D eigenvalue weighted by Crippen LogP contribution is 2.34. The van der Waals surface area contributed by atoms with Crippen LogP contribution in [0.2, 0.25) is 0 Å². The molecule has 1 nitrogen and oxygen atoms in total. The minimum Gasteiger partial charge on any atom is -0.312 e. The molecule has 0 saturated carbocycles. The van der Waals surface area contributed by atoms with Gasteiger partial charge in [-0.25, -0.2) is 4.39 Å². The van der Waals surface area contributed by atoms with E-state index < -0.39 is 0 Å². The summed E-state index contributed by atoms with van der Waals surface area (Å²) in [4.78, 5) is 2.25. The van der Waals surface area contributed by atoms with Gasteiger partial charge < -0.3 is 5.32 Å². The van der Waals surface area contributed by atoms with Crippen LogP contribution in [0.5, 0.6) is 0 Å². The van der Waals surface area contributed by atoms with Crippen molar-refractivity contribution in [3.8, 4) is 10.4 Å². The highest BCUT2D eigenvalue weighted by atomic mass is 79.9. The van der Waals surface area contributed by atoms with Crippen molar-refractivity contribution < 1.29 is 4.39 Å². The molecule has 19 heavy (non-hydrogen) atoms. The lowest BCUT2D eigenvalue weighted by Crippen LogP contribution is -2.14. The molecular weight excluding hydrogens is 325 g/mol. The predicted octanol–water partition coefficient (Wildman–Crippen LogP) is 5.38. The molecule has 0 amide bonds. The van der Waals surface area contributed by atoms with Gasteiger partial charge in [0, 0.05) is 25.8 Å². The Morgan fingerprint density at radius 3 is 2.74 bits per heavy atom. The third-order valence-corrected chi connectivity index (χ3v) is 4.82. The van der Waals surface area contributed by atoms with E-state index >= 15 is 0 Å². The molecule has 0 aliphatic rings. The fourth-order valence-corrected chi connectivity index (χ4v) is 3.60. The van der Waals surface area contributed by atoms with Crippen LogP contribution < -0.4 is 5.32 Å². The maximum absolute atomic E-state index is 13.9. The molecule has 1 heterocycles. The Labute approximate surface area is 126 Å². The van der Waals surface area contributed by atoms with E-state index in [0.717, 1.165) is 22.2 Å². The zero-order valence-corrected chi connectivity index (χ0v) is 13.4. The van der Waals surface area contributed by atoms with Gasteiger partial charge in [-0.15, -0.1) is 11.3 Å². The normalized spacial score (nSPS) is 12.6. The molecule has 1 N–H and O–H groups in total. The summed E-state index contributed by atoms with van der Waals surface area (Å²) in [6.07, 6.45) is 2.23. The van der Waals surface area contributed by atoms with Crippen LogP contribution >= 0.6 is 27.3 Å². The van der Waals surface area contributed by atoms with Gasteiger partial charge in [0.25, 0.3) is 0 Å². The molecule has 1 unspecified atom stereocenters. The smallest absolute Gasteiger partial charge is 0.132 e. The van der Waals surface area contributed by atoms with Crippen molar-refractivity contribution >= 4 is 27.3 Å². The second kappa shape index (κ2) is 6.64. The SMILES string of the molecule is CCCC(NC)c1ccc(-c2ccc(Br)cc2F)s1. The molecule has 0 aliphatic heterocycles. The van der Waals surface area contributed by atoms with Gasteiger partial charge in [-0.3, -0.25) is 0 Å². The first-order valence-electron chi connectivity index (χ1n) is 6.38. The summed E-state index contributed by atoms with van der Waals surface area (Å²) < 4.78 is 14.7. The average molecular weight is 342 g/mol. The fraction of sp³-hybridized carbons (Fsp3) is 0.333. The molecular formula is C15H17BrFNS. The molecule has 4 heteroatoms. The molecule has 0 saturated heterocycles. The zero-order valence-electron chi connectivity index (χ0n) is 11.0. The fourth-order valence-electron chi connectivity index (χ4n) is 2.09. The van der Waals surface area contributed by atoms with Crippen molar-refractivity contribution in [3.05, 3.63) is 45.5 Å². The minimum absolute atomic E-state index is 0.181. The summed E-state index contributed by atoms with van der Waals surface area (Å²) in [7, 11) is 1.97. The number of nitrogens with one attached hydrogen (secondary N) is 1. The quantitative estimate of drug-likeness (QED) is 0.769. The second-order valence-corrected chi connectivity index (χ2v) is 6.49. The van der Waals surface area contributed by atoms with Crippen molar-refractivity contribution in [1.29, 1.82) is 0 Å². The molecule has 2 aromatic rings. The second-order valence-electron chi connectivity index (χ2n) is 4.46. The molecule has 102 valence electrons. The maximum Gasteiger partial charge on any atom is 0.132 e. The van der Waals surface area contributed by atoms with Gasteiger partial charge >= 0.3 is 0 Å². The zero-order chi connectivity index (χ0) is 13.8. The summed E-state index contributed by atoms with van der Waals surface area (Å²) in [5, 5.41) is 3.32. The lowest BCUT2D eigenvalue weighted by molar-refractivity contribution is 0.550. The van der Waals surface area contributed by atoms with Crippen molar-refractivity contribution in [2.45, 2.75) is 25.8 Å². The predicted molar refractivity (Wildman–Crippen MR) is 84.1 cm³/mol. The minimum atomic E-state index is -0.181. The number of hydrogen-bond acceptors (Lipinski definition) is 2. The number of benzene rings is 1. The number of thiophene rings is 1. The maximum atomic E-state index is 13.9. The van der Waals surface area contributed by atoms with Gasteiger partial charge in [-0.05, 0) is 43.8 Å². The van der Waals surface area contributed by atoms with Crippen molar-refractivity contribution in [3.63, 3.8) is 0 Å². The third-order valence-electron chi connectivity index (χ3n) is 3.09. The summed E-state index contributed by atoms with van der Waals surface area (Å²) in [5.41, 5.74) is 0.672. The summed E-state index contributed by atoms with van der Waals surface area (Å²) >= 11 is 4.94. The van der Waals surface area contributed by atoms with Crippen LogP contribution in [-0.4, -0.2) is 7.05 Å². The van der Waals surface area contributed by atoms with E-state index in [2.05, 4.69) is 34.2 Å². The van der Waals surface area contributed by atoms with Crippen LogP contribution in [-0.2, 0) is 0 Å². The number of rotatable bonds is 5. The van der Waals surface area contributed by atoms with Crippen molar-refractivity contribution in [2.24, 2.45) is 0 Å². The van der Waals surface area contributed by atoms with E-state index in [1.807, 2.05) is 25.2 Å². The summed E-state index contributed by atoms with van der Waals surface area (Å²) in [5.74, 6) is -0.181. The van der Waals surface area contributed by atoms with Gasteiger partial charge in [0.2, 0.25) is 0 Å². The van der Waals surface area contributed by atoms with Gasteiger partial charge in [0.1, 0.15) is 5.82 Å². The lowest BCUT2D eigenvalue weighted by Gasteiger charge is -2.12. The molecule has 1 atom stereocenters. The monoisotopic (exact) mass is 341 g/mol. The first-order chi connectivity index (χ1) is 9.15. The largest absolute Gasteiger partial charge is 0.312 e. The van der Waals surface area contributed by atoms with E-state index in [0.29, 0.717) is 11.6 Å². The van der Waals surface area contributed by atoms with E-state index in [4.69, 9.17) is 0 Å². The van der Waals surface area contributed by atoms with Crippen molar-refractivity contribution in [1.82, 2.24) is 5.32 Å². The first kappa shape index (κ1) is 14.7. The molecule has 0 aliphatic carbocycles. The first-order valence-corrected chi connectivity index (χ1v) is 7.99. The number of halogens is 2. The number of hydrogen-bond donors (Lipinski definition) is 1. The van der Waals surface area contributed by atoms with E-state index in [1.165, 1.54) is 10.9 Å². The summed E-state index contributed by atoms with van der Waals surface area (Å²) in [6.45, 7) is 2.17. The van der Waals surface area contributed by atoms with Gasteiger partial charge in [0.05, 0.1) is 0 Å². The van der Waals surface area contributed by atoms with E-state index in [9.17, 15) is 4.39 Å². The Morgan fingerprint density at radius 2 is 2.11 bits per heavy atom. The standard InChI is InChI=1S/C15H17BrFNS/c1-3-4-13(18-2)15-8-7-14(19-15)11-6-5-10(16)9-12(11)17/h5-9,13,18H,3-4H2,1-2H3. The summed E-state index contributed by atoms with van der Waals surface area (Å²) in [6, 6.07) is 9.67. The molecule has 1 aromatic carbocycles. The van der Waals surface area contributed by atoms with E-state index in [-0.39, 0.29) is 5.82 Å². The lowest BCUT2D eigenvalue weighted by atomic mass is 10.1. The Hall–Kier alpha value is -0.710. The highest BCUT2D eigenvalue weighted by Gasteiger charge is 2.13. The van der Waals surface area contributed by atoms with Crippen LogP contribution in [0.25, 0.3) is 10.4 Å². The molecule has 0 radical (unpaired) electrons. The molecule has 0 spiro atoms. The van der Waals surface area contributed by atoms with Crippen LogP contribution in [0.15, 0.2) is 34.8 Å². The highest BCUT2D eigenvalue weighted by molar-refractivity contribution is 9.10. The average Bonchev–Trinajstić information content (AvgIpc) is 2.85. The van der Waals surface area contributed by atoms with Crippen LogP contribution in [0.1, 0.15) is 30.7 Å². The van der Waals surface area contributed by atoms with Gasteiger partial charge in [-0.2, -0.15) is 0 Å². The van der Waals surface area contributed by atoms with Crippen molar-refractivity contribution in [2.75, 3.05) is 7.05 Å². The molecule has 0 bridgehead atoms. The molecule has 1 aromatic heterocycles. The Balaban J connectivity index is 2.29. The third kappa shape index (κ3) is 3.44. The topological polar surface area (TPSA) is 12.0 Å². The Bertz CT molecular complexity index is 553. The van der Waals surface area contributed by atoms with Gasteiger partial charge in [-0.1, -0.05) is 29.3 Å². The molecule has 0 fully saturated rings. The van der Waals surface area contributed by atoms with Crippen LogP contribution in [0.3, 0.4) is 0 Å². The van der Waals surface area contributed by atoms with Crippen LogP contribution in [0, 0.1) is 5.82 Å². The van der Waals surface area contributed by atoms with Gasteiger partial charge in [0.15, 0.2) is 0 Å². The molecule has 2 rings (SSSR count). The Kier molecular flexibility index (Phi) is 5.13. The van der Waals surface area contributed by atoms with Crippen LogP contribution in [0.4, 0.5) is 4.39 Å². The van der Waals surface area contributed by atoms with E-state index in [1.54, 1.807) is 11.3 Å².